The Morgan fingerprint density at radius 2 is 1.05 bits per heavy atom. The van der Waals surface area contributed by atoms with Gasteiger partial charge in [-0.25, -0.2) is 0 Å². The number of rotatable bonds is 8. The number of hydrogen-bond acceptors (Lipinski definition) is 4. The van der Waals surface area contributed by atoms with Crippen LogP contribution in [-0.2, 0) is 22.9 Å². The van der Waals surface area contributed by atoms with Gasteiger partial charge in [-0.15, -0.1) is 0 Å². The lowest BCUT2D eigenvalue weighted by atomic mass is 10.2. The molecule has 0 radical (unpaired) electrons. The molecule has 100 valence electrons. The quantitative estimate of drug-likeness (QED) is 0.433. The molecule has 2 N–H and O–H groups in total. The van der Waals surface area contributed by atoms with Crippen LogP contribution in [0, 0.1) is 0 Å². The molecule has 0 bridgehead atoms. The lowest BCUT2D eigenvalue weighted by molar-refractivity contribution is -0.0370. The highest BCUT2D eigenvalue weighted by Crippen LogP contribution is 1.99. The highest BCUT2D eigenvalue weighted by molar-refractivity contribution is 5.13. The highest BCUT2D eigenvalue weighted by Gasteiger charge is 1.92. The first-order valence-corrected chi connectivity index (χ1v) is 6.22. The van der Waals surface area contributed by atoms with Crippen LogP contribution in [0.15, 0.2) is 60.7 Å². The molecule has 0 heterocycles. The van der Waals surface area contributed by atoms with Crippen molar-refractivity contribution in [3.8, 4) is 0 Å². The Bertz CT molecular complexity index is 405. The molecule has 0 aliphatic carbocycles. The summed E-state index contributed by atoms with van der Waals surface area (Å²) >= 11 is 0. The average Bonchev–Trinajstić information content (AvgIpc) is 2.48. The van der Waals surface area contributed by atoms with Crippen LogP contribution < -0.4 is 11.0 Å². The first-order valence-electron chi connectivity index (χ1n) is 6.22. The highest BCUT2D eigenvalue weighted by atomic mass is 16.7. The molecule has 4 nitrogen and oxygen atoms in total. The molecule has 0 saturated heterocycles. The van der Waals surface area contributed by atoms with Crippen LogP contribution in [0.4, 0.5) is 0 Å². The van der Waals surface area contributed by atoms with E-state index in [1.54, 1.807) is 0 Å². The van der Waals surface area contributed by atoms with Gasteiger partial charge in [-0.1, -0.05) is 60.7 Å². The van der Waals surface area contributed by atoms with Gasteiger partial charge < -0.3 is 0 Å². The van der Waals surface area contributed by atoms with E-state index in [1.807, 2.05) is 60.7 Å². The van der Waals surface area contributed by atoms with Crippen LogP contribution in [0.3, 0.4) is 0 Å². The minimum Gasteiger partial charge on any atom is -0.296 e. The molecule has 0 saturated carbocycles. The van der Waals surface area contributed by atoms with Crippen LogP contribution in [0.25, 0.3) is 0 Å². The molecule has 2 aromatic carbocycles. The van der Waals surface area contributed by atoms with Crippen LogP contribution in [0.1, 0.15) is 11.1 Å². The van der Waals surface area contributed by atoms with Gasteiger partial charge in [0.15, 0.2) is 0 Å². The summed E-state index contributed by atoms with van der Waals surface area (Å²) in [4.78, 5) is 10.6. The molecule has 0 unspecified atom stereocenters. The molecular formula is C15H18N2O2. The smallest absolute Gasteiger partial charge is 0.0939 e. The third kappa shape index (κ3) is 5.63. The Labute approximate surface area is 113 Å². The van der Waals surface area contributed by atoms with Crippen molar-refractivity contribution in [3.63, 3.8) is 0 Å². The molecule has 0 aliphatic heterocycles. The Morgan fingerprint density at radius 3 is 1.47 bits per heavy atom. The molecule has 2 rings (SSSR count). The molecule has 19 heavy (non-hydrogen) atoms. The predicted molar refractivity (Wildman–Crippen MR) is 73.6 cm³/mol. The summed E-state index contributed by atoms with van der Waals surface area (Å²) in [5, 5.41) is 0. The van der Waals surface area contributed by atoms with Crippen molar-refractivity contribution >= 4 is 0 Å². The van der Waals surface area contributed by atoms with Crippen molar-refractivity contribution in [2.75, 3.05) is 6.67 Å². The second kappa shape index (κ2) is 8.39. The molecule has 0 fully saturated rings. The number of benzene rings is 2. The molecule has 4 heteroatoms. The van der Waals surface area contributed by atoms with E-state index < -0.39 is 0 Å². The van der Waals surface area contributed by atoms with Gasteiger partial charge in [0, 0.05) is 0 Å². The zero-order valence-electron chi connectivity index (χ0n) is 10.7. The van der Waals surface area contributed by atoms with Crippen molar-refractivity contribution in [1.82, 2.24) is 11.0 Å². The Kier molecular flexibility index (Phi) is 6.05. The minimum atomic E-state index is 0.430. The fourth-order valence-electron chi connectivity index (χ4n) is 1.55. The largest absolute Gasteiger partial charge is 0.296 e. The summed E-state index contributed by atoms with van der Waals surface area (Å²) in [5.41, 5.74) is 7.82. The summed E-state index contributed by atoms with van der Waals surface area (Å²) in [6.45, 7) is 1.49. The van der Waals surface area contributed by atoms with Gasteiger partial charge in [0.1, 0.15) is 0 Å². The Balaban J connectivity index is 1.49. The fraction of sp³-hybridized carbons (Fsp3) is 0.200. The molecule has 0 amide bonds. The summed E-state index contributed by atoms with van der Waals surface area (Å²) in [6, 6.07) is 20.0. The number of nitrogens with one attached hydrogen (secondary N) is 2. The zero-order valence-corrected chi connectivity index (χ0v) is 10.7. The minimum absolute atomic E-state index is 0.430. The summed E-state index contributed by atoms with van der Waals surface area (Å²) in [6.07, 6.45) is 0. The maximum absolute atomic E-state index is 5.28. The van der Waals surface area contributed by atoms with Crippen LogP contribution in [0.2, 0.25) is 0 Å². The molecule has 0 aromatic heterocycles. The monoisotopic (exact) mass is 258 g/mol. The van der Waals surface area contributed by atoms with E-state index in [0.717, 1.165) is 11.1 Å². The average molecular weight is 258 g/mol. The van der Waals surface area contributed by atoms with E-state index in [0.29, 0.717) is 19.9 Å². The van der Waals surface area contributed by atoms with E-state index in [4.69, 9.17) is 9.68 Å². The van der Waals surface area contributed by atoms with Gasteiger partial charge in [-0.2, -0.15) is 11.0 Å². The molecule has 0 atom stereocenters. The van der Waals surface area contributed by atoms with Gasteiger partial charge in [0.05, 0.1) is 19.9 Å². The van der Waals surface area contributed by atoms with E-state index in [1.165, 1.54) is 0 Å². The van der Waals surface area contributed by atoms with E-state index >= 15 is 0 Å². The van der Waals surface area contributed by atoms with Gasteiger partial charge in [0.25, 0.3) is 0 Å². The standard InChI is InChI=1S/C15H18N2O2/c1-3-7-14(8-4-1)11-18-16-13-17-19-12-15-9-5-2-6-10-15/h1-10,16-17H,11-13H2. The number of hydrogen-bond donors (Lipinski definition) is 2. The van der Waals surface area contributed by atoms with E-state index in [2.05, 4.69) is 11.0 Å². The summed E-state index contributed by atoms with van der Waals surface area (Å²) < 4.78 is 0. The SMILES string of the molecule is c1ccc(CONCNOCc2ccccc2)cc1. The van der Waals surface area contributed by atoms with E-state index in [9.17, 15) is 0 Å². The number of hydroxylamine groups is 2. The van der Waals surface area contributed by atoms with Crippen molar-refractivity contribution in [2.24, 2.45) is 0 Å². The maximum atomic E-state index is 5.28. The van der Waals surface area contributed by atoms with Crippen LogP contribution in [-0.4, -0.2) is 6.67 Å². The van der Waals surface area contributed by atoms with Gasteiger partial charge in [-0.05, 0) is 11.1 Å². The third-order valence-corrected chi connectivity index (χ3v) is 2.51. The molecule has 0 spiro atoms. The molecular weight excluding hydrogens is 240 g/mol. The lowest BCUT2D eigenvalue weighted by Gasteiger charge is -2.08. The normalized spacial score (nSPS) is 10.5. The van der Waals surface area contributed by atoms with Crippen molar-refractivity contribution < 1.29 is 9.68 Å². The zero-order chi connectivity index (χ0) is 13.2. The predicted octanol–water partition coefficient (Wildman–Crippen LogP) is 2.39. The van der Waals surface area contributed by atoms with Crippen molar-refractivity contribution in [1.29, 1.82) is 0 Å². The molecule has 0 aliphatic rings. The van der Waals surface area contributed by atoms with E-state index in [-0.39, 0.29) is 0 Å². The topological polar surface area (TPSA) is 42.5 Å². The van der Waals surface area contributed by atoms with Gasteiger partial charge >= 0.3 is 0 Å². The maximum Gasteiger partial charge on any atom is 0.0939 e. The first kappa shape index (κ1) is 13.7. The van der Waals surface area contributed by atoms with Gasteiger partial charge in [0.2, 0.25) is 0 Å². The Hall–Kier alpha value is -1.72. The van der Waals surface area contributed by atoms with Crippen molar-refractivity contribution in [3.05, 3.63) is 71.8 Å². The second-order valence-electron chi connectivity index (χ2n) is 4.01. The lowest BCUT2D eigenvalue weighted by Crippen LogP contribution is -2.29. The third-order valence-electron chi connectivity index (χ3n) is 2.51. The Morgan fingerprint density at radius 1 is 0.632 bits per heavy atom. The van der Waals surface area contributed by atoms with Crippen LogP contribution >= 0.6 is 0 Å². The van der Waals surface area contributed by atoms with Gasteiger partial charge in [-0.3, -0.25) is 9.68 Å². The summed E-state index contributed by atoms with van der Waals surface area (Å²) in [7, 11) is 0. The summed E-state index contributed by atoms with van der Waals surface area (Å²) in [5.74, 6) is 0. The fourth-order valence-corrected chi connectivity index (χ4v) is 1.55. The molecule has 2 aromatic rings. The van der Waals surface area contributed by atoms with Crippen molar-refractivity contribution in [2.45, 2.75) is 13.2 Å². The first-order chi connectivity index (χ1) is 9.45. The second-order valence-corrected chi connectivity index (χ2v) is 4.01. The van der Waals surface area contributed by atoms with Crippen LogP contribution in [0.5, 0.6) is 0 Å².